The number of ether oxygens (including phenoxy) is 1. The van der Waals surface area contributed by atoms with Gasteiger partial charge in [-0.15, -0.1) is 0 Å². The van der Waals surface area contributed by atoms with Gasteiger partial charge >= 0.3 is 0 Å². The van der Waals surface area contributed by atoms with Crippen LogP contribution < -0.4 is 10.6 Å². The standard InChI is InChI=1S/C12H20N2O4/c1-7(2)14-12(17)10(16)11(18-6-15)9-4-5-13-8(9)3/h6-9,11,13H,4-5H2,1-3H3,(H,14,17). The van der Waals surface area contributed by atoms with Crippen LogP contribution in [-0.4, -0.2) is 42.9 Å². The SMILES string of the molecule is CC(C)NC(=O)C(=O)C(OC=O)C1CCNC1C. The number of carbonyl (C=O) groups is 3. The summed E-state index contributed by atoms with van der Waals surface area (Å²) in [7, 11) is 0. The van der Waals surface area contributed by atoms with Gasteiger partial charge in [0.25, 0.3) is 18.2 Å². The predicted octanol–water partition coefficient (Wildman–Crippen LogP) is -0.380. The summed E-state index contributed by atoms with van der Waals surface area (Å²) < 4.78 is 4.83. The molecule has 102 valence electrons. The van der Waals surface area contributed by atoms with Gasteiger partial charge in [-0.1, -0.05) is 0 Å². The van der Waals surface area contributed by atoms with Crippen molar-refractivity contribution in [3.63, 3.8) is 0 Å². The normalized spacial score (nSPS) is 24.7. The molecule has 3 unspecified atom stereocenters. The highest BCUT2D eigenvalue weighted by Crippen LogP contribution is 2.22. The van der Waals surface area contributed by atoms with Crippen LogP contribution in [0.4, 0.5) is 0 Å². The largest absolute Gasteiger partial charge is 0.456 e. The molecule has 1 heterocycles. The minimum absolute atomic E-state index is 0.0470. The Kier molecular flexibility index (Phi) is 5.27. The monoisotopic (exact) mass is 256 g/mol. The zero-order valence-electron chi connectivity index (χ0n) is 10.9. The Labute approximate surface area is 106 Å². The lowest BCUT2D eigenvalue weighted by Crippen LogP contribution is -2.47. The van der Waals surface area contributed by atoms with Crippen LogP contribution in [0, 0.1) is 5.92 Å². The number of amides is 1. The zero-order chi connectivity index (χ0) is 13.7. The molecular weight excluding hydrogens is 236 g/mol. The average molecular weight is 256 g/mol. The van der Waals surface area contributed by atoms with Gasteiger partial charge in [0.15, 0.2) is 6.10 Å². The second-order valence-electron chi connectivity index (χ2n) is 4.84. The Balaban J connectivity index is 2.74. The van der Waals surface area contributed by atoms with Crippen molar-refractivity contribution in [2.75, 3.05) is 6.54 Å². The summed E-state index contributed by atoms with van der Waals surface area (Å²) in [5.74, 6) is -1.53. The van der Waals surface area contributed by atoms with Crippen LogP contribution in [0.1, 0.15) is 27.2 Å². The second-order valence-corrected chi connectivity index (χ2v) is 4.84. The summed E-state index contributed by atoms with van der Waals surface area (Å²) >= 11 is 0. The molecule has 1 saturated heterocycles. The number of Topliss-reactive ketones (excluding diaryl/α,β-unsaturated/α-hetero) is 1. The van der Waals surface area contributed by atoms with E-state index in [1.165, 1.54) is 0 Å². The molecule has 1 amide bonds. The molecule has 1 aliphatic rings. The highest BCUT2D eigenvalue weighted by Gasteiger charge is 2.39. The number of hydrogen-bond acceptors (Lipinski definition) is 5. The van der Waals surface area contributed by atoms with Gasteiger partial charge in [0, 0.05) is 18.0 Å². The fraction of sp³-hybridized carbons (Fsp3) is 0.750. The summed E-state index contributed by atoms with van der Waals surface area (Å²) in [6, 6.07) is -0.0804. The summed E-state index contributed by atoms with van der Waals surface area (Å²) in [6.45, 7) is 6.42. The first kappa shape index (κ1) is 14.6. The van der Waals surface area contributed by atoms with E-state index in [1.807, 2.05) is 6.92 Å². The third-order valence-electron chi connectivity index (χ3n) is 3.08. The molecule has 1 rings (SSSR count). The smallest absolute Gasteiger partial charge is 0.293 e. The second kappa shape index (κ2) is 6.49. The van der Waals surface area contributed by atoms with Gasteiger partial charge in [-0.05, 0) is 33.7 Å². The first-order valence-corrected chi connectivity index (χ1v) is 6.14. The summed E-state index contributed by atoms with van der Waals surface area (Å²) in [5.41, 5.74) is 0. The molecular formula is C12H20N2O4. The predicted molar refractivity (Wildman–Crippen MR) is 64.8 cm³/mol. The van der Waals surface area contributed by atoms with Crippen molar-refractivity contribution in [2.24, 2.45) is 5.92 Å². The van der Waals surface area contributed by atoms with E-state index in [9.17, 15) is 14.4 Å². The van der Waals surface area contributed by atoms with E-state index in [0.29, 0.717) is 6.42 Å². The van der Waals surface area contributed by atoms with Gasteiger partial charge in [-0.3, -0.25) is 14.4 Å². The van der Waals surface area contributed by atoms with E-state index in [0.717, 1.165) is 6.54 Å². The van der Waals surface area contributed by atoms with Gasteiger partial charge in [-0.2, -0.15) is 0 Å². The molecule has 1 fully saturated rings. The third-order valence-corrected chi connectivity index (χ3v) is 3.08. The molecule has 0 radical (unpaired) electrons. The molecule has 0 aromatic carbocycles. The average Bonchev–Trinajstić information content (AvgIpc) is 2.70. The molecule has 18 heavy (non-hydrogen) atoms. The number of rotatable bonds is 6. The van der Waals surface area contributed by atoms with Gasteiger partial charge < -0.3 is 15.4 Å². The molecule has 2 N–H and O–H groups in total. The maximum Gasteiger partial charge on any atom is 0.293 e. The van der Waals surface area contributed by atoms with Gasteiger partial charge in [-0.25, -0.2) is 0 Å². The van der Waals surface area contributed by atoms with Crippen molar-refractivity contribution in [2.45, 2.75) is 45.4 Å². The van der Waals surface area contributed by atoms with Crippen molar-refractivity contribution in [3.05, 3.63) is 0 Å². The lowest BCUT2D eigenvalue weighted by molar-refractivity contribution is -0.153. The Morgan fingerprint density at radius 1 is 1.44 bits per heavy atom. The lowest BCUT2D eigenvalue weighted by atomic mass is 9.92. The zero-order valence-corrected chi connectivity index (χ0v) is 10.9. The van der Waals surface area contributed by atoms with Crippen LogP contribution >= 0.6 is 0 Å². The molecule has 0 aliphatic carbocycles. The van der Waals surface area contributed by atoms with Crippen molar-refractivity contribution in [1.82, 2.24) is 10.6 Å². The van der Waals surface area contributed by atoms with Crippen molar-refractivity contribution in [3.8, 4) is 0 Å². The molecule has 3 atom stereocenters. The molecule has 1 aliphatic heterocycles. The Morgan fingerprint density at radius 3 is 2.56 bits per heavy atom. The molecule has 0 aromatic heterocycles. The number of ketones is 1. The minimum Gasteiger partial charge on any atom is -0.456 e. The van der Waals surface area contributed by atoms with E-state index in [4.69, 9.17) is 4.74 Å². The molecule has 0 bridgehead atoms. The third kappa shape index (κ3) is 3.53. The minimum atomic E-state index is -0.994. The van der Waals surface area contributed by atoms with E-state index in [1.54, 1.807) is 13.8 Å². The maximum absolute atomic E-state index is 12.0. The molecule has 6 nitrogen and oxygen atoms in total. The van der Waals surface area contributed by atoms with Crippen molar-refractivity contribution in [1.29, 1.82) is 0 Å². The quantitative estimate of drug-likeness (QED) is 0.500. The van der Waals surface area contributed by atoms with Crippen LogP contribution in [0.3, 0.4) is 0 Å². The molecule has 0 spiro atoms. The summed E-state index contributed by atoms with van der Waals surface area (Å²) in [4.78, 5) is 34.1. The van der Waals surface area contributed by atoms with Gasteiger partial charge in [0.05, 0.1) is 0 Å². The van der Waals surface area contributed by atoms with Crippen LogP contribution in [0.2, 0.25) is 0 Å². The fourth-order valence-corrected chi connectivity index (χ4v) is 2.17. The van der Waals surface area contributed by atoms with E-state index >= 15 is 0 Å². The molecule has 0 saturated carbocycles. The molecule has 6 heteroatoms. The summed E-state index contributed by atoms with van der Waals surface area (Å²) in [6.07, 6.45) is -0.286. The molecule has 0 aromatic rings. The first-order valence-electron chi connectivity index (χ1n) is 6.14. The number of hydrogen-bond donors (Lipinski definition) is 2. The highest BCUT2D eigenvalue weighted by molar-refractivity contribution is 6.38. The van der Waals surface area contributed by atoms with Crippen LogP contribution in [0.15, 0.2) is 0 Å². The van der Waals surface area contributed by atoms with Crippen molar-refractivity contribution >= 4 is 18.2 Å². The van der Waals surface area contributed by atoms with Crippen LogP contribution in [0.25, 0.3) is 0 Å². The summed E-state index contributed by atoms with van der Waals surface area (Å²) in [5, 5.41) is 5.68. The van der Waals surface area contributed by atoms with Crippen LogP contribution in [-0.2, 0) is 19.1 Å². The van der Waals surface area contributed by atoms with E-state index < -0.39 is 17.8 Å². The van der Waals surface area contributed by atoms with E-state index in [2.05, 4.69) is 10.6 Å². The Morgan fingerprint density at radius 2 is 2.11 bits per heavy atom. The van der Waals surface area contributed by atoms with Gasteiger partial charge in [0.2, 0.25) is 0 Å². The van der Waals surface area contributed by atoms with Gasteiger partial charge in [0.1, 0.15) is 0 Å². The highest BCUT2D eigenvalue weighted by atomic mass is 16.5. The Hall–Kier alpha value is -1.43. The van der Waals surface area contributed by atoms with E-state index in [-0.39, 0.29) is 24.5 Å². The van der Waals surface area contributed by atoms with Crippen LogP contribution in [0.5, 0.6) is 0 Å². The first-order chi connectivity index (χ1) is 8.47. The number of carbonyl (C=O) groups excluding carboxylic acids is 3. The Bertz CT molecular complexity index is 330. The van der Waals surface area contributed by atoms with Crippen molar-refractivity contribution < 1.29 is 19.1 Å². The number of nitrogens with one attached hydrogen (secondary N) is 2. The fourth-order valence-electron chi connectivity index (χ4n) is 2.17. The lowest BCUT2D eigenvalue weighted by Gasteiger charge is -2.23. The maximum atomic E-state index is 12.0. The topological polar surface area (TPSA) is 84.5 Å².